The number of fused-ring (bicyclic) bond motifs is 3. The van der Waals surface area contributed by atoms with Crippen LogP contribution in [0.5, 0.6) is 5.75 Å². The lowest BCUT2D eigenvalue weighted by molar-refractivity contribution is -0.123. The number of aryl methyl sites for hydroxylation is 3. The van der Waals surface area contributed by atoms with E-state index in [1.54, 1.807) is 6.20 Å². The minimum atomic E-state index is -0.111. The number of furan rings is 1. The first kappa shape index (κ1) is 16.7. The molecule has 3 aromatic rings. The molecule has 1 N–H and O–H groups in total. The largest absolute Gasteiger partial charge is 0.484 e. The first-order chi connectivity index (χ1) is 12.8. The Kier molecular flexibility index (Phi) is 4.91. The SMILES string of the molecule is O=C(COc1ccc2oc3c(c2c1)CCCC3)NCCCn1cccn1. The van der Waals surface area contributed by atoms with Gasteiger partial charge in [-0.15, -0.1) is 0 Å². The topological polar surface area (TPSA) is 69.3 Å². The molecular weight excluding hydrogens is 330 g/mol. The first-order valence-electron chi connectivity index (χ1n) is 9.21. The summed E-state index contributed by atoms with van der Waals surface area (Å²) in [5, 5.41) is 8.13. The second-order valence-corrected chi connectivity index (χ2v) is 6.63. The van der Waals surface area contributed by atoms with E-state index < -0.39 is 0 Å². The summed E-state index contributed by atoms with van der Waals surface area (Å²) in [6.45, 7) is 1.42. The van der Waals surface area contributed by atoms with Crippen molar-refractivity contribution in [1.82, 2.24) is 15.1 Å². The molecule has 1 amide bonds. The third kappa shape index (κ3) is 3.74. The number of amides is 1. The quantitative estimate of drug-likeness (QED) is 0.663. The molecule has 0 saturated carbocycles. The molecule has 1 aliphatic carbocycles. The van der Waals surface area contributed by atoms with Crippen LogP contribution in [0.4, 0.5) is 0 Å². The molecule has 0 aliphatic heterocycles. The number of benzene rings is 1. The highest BCUT2D eigenvalue weighted by molar-refractivity contribution is 5.84. The van der Waals surface area contributed by atoms with Crippen LogP contribution in [0.2, 0.25) is 0 Å². The summed E-state index contributed by atoms with van der Waals surface area (Å²) in [5.74, 6) is 1.71. The minimum Gasteiger partial charge on any atom is -0.484 e. The summed E-state index contributed by atoms with van der Waals surface area (Å²) in [5.41, 5.74) is 2.21. The van der Waals surface area contributed by atoms with Gasteiger partial charge in [0.1, 0.15) is 17.1 Å². The second-order valence-electron chi connectivity index (χ2n) is 6.63. The lowest BCUT2D eigenvalue weighted by Crippen LogP contribution is -2.30. The number of carbonyl (C=O) groups is 1. The van der Waals surface area contributed by atoms with Gasteiger partial charge in [-0.1, -0.05) is 0 Å². The Balaban J connectivity index is 1.28. The van der Waals surface area contributed by atoms with Crippen molar-refractivity contribution >= 4 is 16.9 Å². The molecule has 2 aromatic heterocycles. The summed E-state index contributed by atoms with van der Waals surface area (Å²) < 4.78 is 13.4. The van der Waals surface area contributed by atoms with Gasteiger partial charge in [0.25, 0.3) is 5.91 Å². The molecule has 2 heterocycles. The molecule has 0 atom stereocenters. The van der Waals surface area contributed by atoms with Crippen LogP contribution in [-0.2, 0) is 24.2 Å². The van der Waals surface area contributed by atoms with Gasteiger partial charge in [0.15, 0.2) is 6.61 Å². The Bertz CT molecular complexity index is 883. The van der Waals surface area contributed by atoms with Crippen LogP contribution in [0.1, 0.15) is 30.6 Å². The molecule has 0 fully saturated rings. The van der Waals surface area contributed by atoms with Crippen LogP contribution in [0, 0.1) is 0 Å². The summed E-state index contributed by atoms with van der Waals surface area (Å²) in [7, 11) is 0. The van der Waals surface area contributed by atoms with Crippen molar-refractivity contribution in [2.45, 2.75) is 38.6 Å². The fourth-order valence-corrected chi connectivity index (χ4v) is 3.43. The highest BCUT2D eigenvalue weighted by Crippen LogP contribution is 2.33. The van der Waals surface area contributed by atoms with Crippen molar-refractivity contribution in [3.05, 3.63) is 48.0 Å². The van der Waals surface area contributed by atoms with Crippen LogP contribution in [0.3, 0.4) is 0 Å². The van der Waals surface area contributed by atoms with Gasteiger partial charge in [0, 0.05) is 42.9 Å². The molecule has 0 bridgehead atoms. The predicted molar refractivity (Wildman–Crippen MR) is 98.2 cm³/mol. The Morgan fingerprint density at radius 3 is 3.12 bits per heavy atom. The van der Waals surface area contributed by atoms with E-state index >= 15 is 0 Å². The van der Waals surface area contributed by atoms with Crippen molar-refractivity contribution < 1.29 is 13.9 Å². The molecule has 26 heavy (non-hydrogen) atoms. The van der Waals surface area contributed by atoms with Crippen molar-refractivity contribution in [2.75, 3.05) is 13.2 Å². The standard InChI is InChI=1S/C20H23N3O3/c24-20(21-9-3-11-23-12-4-10-22-23)14-25-15-7-8-19-17(13-15)16-5-1-2-6-18(16)26-19/h4,7-8,10,12-13H,1-3,5-6,9,11,14H2,(H,21,24). The number of rotatable bonds is 7. The number of hydrogen-bond donors (Lipinski definition) is 1. The number of nitrogens with zero attached hydrogens (tertiary/aromatic N) is 2. The first-order valence-corrected chi connectivity index (χ1v) is 9.21. The van der Waals surface area contributed by atoms with Crippen LogP contribution in [-0.4, -0.2) is 28.8 Å². The Morgan fingerprint density at radius 2 is 2.23 bits per heavy atom. The molecule has 6 heteroatoms. The Labute approximate surface area is 152 Å². The highest BCUT2D eigenvalue weighted by Gasteiger charge is 2.18. The van der Waals surface area contributed by atoms with E-state index in [1.807, 2.05) is 35.1 Å². The van der Waals surface area contributed by atoms with Gasteiger partial charge in [-0.25, -0.2) is 0 Å². The molecule has 0 radical (unpaired) electrons. The van der Waals surface area contributed by atoms with E-state index in [9.17, 15) is 4.79 Å². The molecule has 1 aliphatic rings. The summed E-state index contributed by atoms with van der Waals surface area (Å²) in [4.78, 5) is 11.9. The summed E-state index contributed by atoms with van der Waals surface area (Å²) in [6, 6.07) is 7.68. The average Bonchev–Trinajstić information content (AvgIpc) is 3.31. The molecule has 4 rings (SSSR count). The average molecular weight is 353 g/mol. The lowest BCUT2D eigenvalue weighted by atomic mass is 9.96. The van der Waals surface area contributed by atoms with Crippen molar-refractivity contribution in [3.8, 4) is 5.75 Å². The summed E-state index contributed by atoms with van der Waals surface area (Å²) in [6.07, 6.45) is 8.96. The van der Waals surface area contributed by atoms with Gasteiger partial charge < -0.3 is 14.5 Å². The number of aromatic nitrogens is 2. The Morgan fingerprint density at radius 1 is 1.31 bits per heavy atom. The van der Waals surface area contributed by atoms with Crippen LogP contribution >= 0.6 is 0 Å². The maximum atomic E-state index is 11.9. The number of hydrogen-bond acceptors (Lipinski definition) is 4. The van der Waals surface area contributed by atoms with Gasteiger partial charge in [0.05, 0.1) is 0 Å². The maximum absolute atomic E-state index is 11.9. The van der Waals surface area contributed by atoms with Crippen molar-refractivity contribution in [2.24, 2.45) is 0 Å². The van der Waals surface area contributed by atoms with Crippen molar-refractivity contribution in [3.63, 3.8) is 0 Å². The minimum absolute atomic E-state index is 0.0211. The van der Waals surface area contributed by atoms with E-state index in [1.165, 1.54) is 18.4 Å². The number of nitrogens with one attached hydrogen (secondary N) is 1. The van der Waals surface area contributed by atoms with Crippen LogP contribution < -0.4 is 10.1 Å². The van der Waals surface area contributed by atoms with Crippen LogP contribution in [0.25, 0.3) is 11.0 Å². The smallest absolute Gasteiger partial charge is 0.257 e. The van der Waals surface area contributed by atoms with Gasteiger partial charge >= 0.3 is 0 Å². The lowest BCUT2D eigenvalue weighted by Gasteiger charge is -2.09. The third-order valence-corrected chi connectivity index (χ3v) is 4.74. The van der Waals surface area contributed by atoms with Gasteiger partial charge in [0.2, 0.25) is 0 Å². The van der Waals surface area contributed by atoms with E-state index in [4.69, 9.17) is 9.15 Å². The van der Waals surface area contributed by atoms with E-state index in [0.717, 1.165) is 42.5 Å². The predicted octanol–water partition coefficient (Wildman–Crippen LogP) is 3.09. The monoisotopic (exact) mass is 353 g/mol. The van der Waals surface area contributed by atoms with Crippen molar-refractivity contribution in [1.29, 1.82) is 0 Å². The Hall–Kier alpha value is -2.76. The van der Waals surface area contributed by atoms with E-state index in [2.05, 4.69) is 10.4 Å². The number of ether oxygens (including phenoxy) is 1. The van der Waals surface area contributed by atoms with Gasteiger partial charge in [-0.05, 0) is 49.9 Å². The van der Waals surface area contributed by atoms with Gasteiger partial charge in [-0.3, -0.25) is 9.48 Å². The molecule has 0 unspecified atom stereocenters. The zero-order valence-electron chi connectivity index (χ0n) is 14.7. The van der Waals surface area contributed by atoms with Gasteiger partial charge in [-0.2, -0.15) is 5.10 Å². The molecule has 6 nitrogen and oxygen atoms in total. The van der Waals surface area contributed by atoms with E-state index in [0.29, 0.717) is 12.3 Å². The molecule has 1 aromatic carbocycles. The fraction of sp³-hybridized carbons (Fsp3) is 0.400. The molecular formula is C20H23N3O3. The fourth-order valence-electron chi connectivity index (χ4n) is 3.43. The zero-order valence-corrected chi connectivity index (χ0v) is 14.7. The molecule has 136 valence electrons. The molecule has 0 spiro atoms. The van der Waals surface area contributed by atoms with Crippen LogP contribution in [0.15, 0.2) is 41.1 Å². The molecule has 0 saturated heterocycles. The van der Waals surface area contributed by atoms with E-state index in [-0.39, 0.29) is 12.5 Å². The zero-order chi connectivity index (χ0) is 17.8. The third-order valence-electron chi connectivity index (χ3n) is 4.74. The second kappa shape index (κ2) is 7.64. The highest BCUT2D eigenvalue weighted by atomic mass is 16.5. The maximum Gasteiger partial charge on any atom is 0.257 e. The normalized spacial score (nSPS) is 13.5. The summed E-state index contributed by atoms with van der Waals surface area (Å²) >= 11 is 0. The number of carbonyl (C=O) groups excluding carboxylic acids is 1.